The summed E-state index contributed by atoms with van der Waals surface area (Å²) in [5, 5.41) is 1.01. The van der Waals surface area contributed by atoms with Crippen molar-refractivity contribution in [3.05, 3.63) is 40.2 Å². The van der Waals surface area contributed by atoms with E-state index in [0.717, 1.165) is 61.0 Å². The van der Waals surface area contributed by atoms with Crippen LogP contribution < -0.4 is 10.3 Å². The molecular formula is C21H27N3O3. The SMILES string of the molecule is COc1ccc2[nH]c(=O)c(CN3CCN4[C@@H](COC[C@@H]4C4CC4)C3)cc2c1. The highest BCUT2D eigenvalue weighted by Crippen LogP contribution is 2.38. The molecule has 1 saturated carbocycles. The van der Waals surface area contributed by atoms with Crippen molar-refractivity contribution in [2.45, 2.75) is 31.5 Å². The number of methoxy groups -OCH3 is 1. The predicted octanol–water partition coefficient (Wildman–Crippen LogP) is 1.83. The van der Waals surface area contributed by atoms with Gasteiger partial charge in [-0.3, -0.25) is 14.6 Å². The molecule has 0 spiro atoms. The lowest BCUT2D eigenvalue weighted by molar-refractivity contribution is -0.0880. The molecule has 0 amide bonds. The number of nitrogens with one attached hydrogen (secondary N) is 1. The van der Waals surface area contributed by atoms with Crippen LogP contribution in [-0.4, -0.2) is 66.8 Å². The molecule has 0 bridgehead atoms. The minimum absolute atomic E-state index is 0.00541. The van der Waals surface area contributed by atoms with E-state index < -0.39 is 0 Å². The Kier molecular flexibility index (Phi) is 4.42. The van der Waals surface area contributed by atoms with Gasteiger partial charge in [0.1, 0.15) is 5.75 Å². The summed E-state index contributed by atoms with van der Waals surface area (Å²) < 4.78 is 11.2. The van der Waals surface area contributed by atoms with Crippen LogP contribution in [0.3, 0.4) is 0 Å². The third-order valence-corrected chi connectivity index (χ3v) is 6.33. The van der Waals surface area contributed by atoms with E-state index in [1.165, 1.54) is 12.8 Å². The van der Waals surface area contributed by atoms with Crippen LogP contribution in [0.4, 0.5) is 0 Å². The van der Waals surface area contributed by atoms with Crippen molar-refractivity contribution in [1.82, 2.24) is 14.8 Å². The molecule has 0 unspecified atom stereocenters. The standard InChI is InChI=1S/C21H27N3O3/c1-26-18-4-5-19-15(9-18)8-16(21(25)22-19)10-23-6-7-24-17(11-23)12-27-13-20(24)14-2-3-14/h4-5,8-9,14,17,20H,2-3,6-7,10-13H2,1H3,(H,22,25)/t17-,20-/m1/s1. The molecule has 27 heavy (non-hydrogen) atoms. The number of ether oxygens (including phenoxy) is 2. The molecule has 0 radical (unpaired) electrons. The van der Waals surface area contributed by atoms with Crippen LogP contribution in [0.15, 0.2) is 29.1 Å². The molecular weight excluding hydrogens is 342 g/mol. The summed E-state index contributed by atoms with van der Waals surface area (Å²) in [6.45, 7) is 5.45. The van der Waals surface area contributed by atoms with Crippen molar-refractivity contribution in [2.24, 2.45) is 5.92 Å². The average Bonchev–Trinajstić information content (AvgIpc) is 3.53. The highest BCUT2D eigenvalue weighted by molar-refractivity contribution is 5.80. The van der Waals surface area contributed by atoms with Crippen LogP contribution in [0, 0.1) is 5.92 Å². The van der Waals surface area contributed by atoms with E-state index in [4.69, 9.17) is 9.47 Å². The fourth-order valence-electron chi connectivity index (χ4n) is 4.69. The van der Waals surface area contributed by atoms with Crippen molar-refractivity contribution in [2.75, 3.05) is 40.0 Å². The Morgan fingerprint density at radius 3 is 2.93 bits per heavy atom. The molecule has 1 aromatic heterocycles. The van der Waals surface area contributed by atoms with Crippen molar-refractivity contribution in [3.8, 4) is 5.75 Å². The number of hydrogen-bond acceptors (Lipinski definition) is 5. The lowest BCUT2D eigenvalue weighted by Gasteiger charge is -2.48. The van der Waals surface area contributed by atoms with Crippen LogP contribution in [0.5, 0.6) is 5.75 Å². The number of nitrogens with zero attached hydrogens (tertiary/aromatic N) is 2. The first-order valence-corrected chi connectivity index (χ1v) is 9.97. The van der Waals surface area contributed by atoms with E-state index in [2.05, 4.69) is 14.8 Å². The van der Waals surface area contributed by atoms with Gasteiger partial charge in [-0.2, -0.15) is 0 Å². The van der Waals surface area contributed by atoms with E-state index in [-0.39, 0.29) is 5.56 Å². The number of morpholine rings is 1. The van der Waals surface area contributed by atoms with Gasteiger partial charge in [-0.15, -0.1) is 0 Å². The maximum Gasteiger partial charge on any atom is 0.252 e. The van der Waals surface area contributed by atoms with Gasteiger partial charge in [-0.1, -0.05) is 0 Å². The first-order chi connectivity index (χ1) is 13.2. The molecule has 1 aromatic carbocycles. The van der Waals surface area contributed by atoms with Crippen molar-refractivity contribution < 1.29 is 9.47 Å². The summed E-state index contributed by atoms with van der Waals surface area (Å²) in [5.74, 6) is 1.65. The number of pyridine rings is 1. The van der Waals surface area contributed by atoms with Crippen LogP contribution in [-0.2, 0) is 11.3 Å². The number of fused-ring (bicyclic) bond motifs is 2. The van der Waals surface area contributed by atoms with Gasteiger partial charge in [-0.05, 0) is 43.0 Å². The molecule has 6 heteroatoms. The zero-order chi connectivity index (χ0) is 18.4. The first kappa shape index (κ1) is 17.2. The van der Waals surface area contributed by atoms with Crippen molar-refractivity contribution in [1.29, 1.82) is 0 Å². The lowest BCUT2D eigenvalue weighted by Crippen LogP contribution is -2.62. The number of hydrogen-bond donors (Lipinski definition) is 1. The molecule has 2 aliphatic heterocycles. The Labute approximate surface area is 159 Å². The number of H-pyrrole nitrogens is 1. The van der Waals surface area contributed by atoms with Gasteiger partial charge in [0.15, 0.2) is 0 Å². The Morgan fingerprint density at radius 1 is 1.22 bits per heavy atom. The van der Waals surface area contributed by atoms with Gasteiger partial charge in [-0.25, -0.2) is 0 Å². The summed E-state index contributed by atoms with van der Waals surface area (Å²) in [7, 11) is 1.66. The minimum Gasteiger partial charge on any atom is -0.497 e. The molecule has 2 saturated heterocycles. The zero-order valence-electron chi connectivity index (χ0n) is 15.8. The second-order valence-corrected chi connectivity index (χ2v) is 8.15. The highest BCUT2D eigenvalue weighted by atomic mass is 16.5. The topological polar surface area (TPSA) is 57.8 Å². The van der Waals surface area contributed by atoms with Gasteiger partial charge >= 0.3 is 0 Å². The fraction of sp³-hybridized carbons (Fsp3) is 0.571. The second-order valence-electron chi connectivity index (χ2n) is 8.15. The summed E-state index contributed by atoms with van der Waals surface area (Å²) in [6.07, 6.45) is 2.72. The predicted molar refractivity (Wildman–Crippen MR) is 104 cm³/mol. The number of aromatic amines is 1. The number of benzene rings is 1. The van der Waals surface area contributed by atoms with Crippen molar-refractivity contribution in [3.63, 3.8) is 0 Å². The Bertz CT molecular complexity index is 892. The normalized spacial score (nSPS) is 26.9. The molecule has 1 aliphatic carbocycles. The molecule has 5 rings (SSSR count). The van der Waals surface area contributed by atoms with E-state index in [1.54, 1.807) is 7.11 Å². The monoisotopic (exact) mass is 369 g/mol. The van der Waals surface area contributed by atoms with Crippen LogP contribution in [0.25, 0.3) is 10.9 Å². The highest BCUT2D eigenvalue weighted by Gasteiger charge is 2.42. The number of rotatable bonds is 4. The fourth-order valence-corrected chi connectivity index (χ4v) is 4.69. The molecule has 1 N–H and O–H groups in total. The zero-order valence-corrected chi connectivity index (χ0v) is 15.8. The Balaban J connectivity index is 1.33. The summed E-state index contributed by atoms with van der Waals surface area (Å²) >= 11 is 0. The van der Waals surface area contributed by atoms with Crippen molar-refractivity contribution >= 4 is 10.9 Å². The third-order valence-electron chi connectivity index (χ3n) is 6.33. The maximum absolute atomic E-state index is 12.5. The average molecular weight is 369 g/mol. The molecule has 2 atom stereocenters. The van der Waals surface area contributed by atoms with Gasteiger partial charge < -0.3 is 14.5 Å². The molecule has 3 aliphatic rings. The summed E-state index contributed by atoms with van der Waals surface area (Å²) in [5.41, 5.74) is 1.67. The quantitative estimate of drug-likeness (QED) is 0.891. The number of aromatic nitrogens is 1. The van der Waals surface area contributed by atoms with E-state index >= 15 is 0 Å². The maximum atomic E-state index is 12.5. The van der Waals surface area contributed by atoms with E-state index in [9.17, 15) is 4.79 Å². The van der Waals surface area contributed by atoms with Crippen LogP contribution in [0.2, 0.25) is 0 Å². The first-order valence-electron chi connectivity index (χ1n) is 9.97. The number of piperazine rings is 1. The smallest absolute Gasteiger partial charge is 0.252 e. The molecule has 144 valence electrons. The molecule has 3 heterocycles. The summed E-state index contributed by atoms with van der Waals surface area (Å²) in [4.78, 5) is 20.6. The van der Waals surface area contributed by atoms with Gasteiger partial charge in [0.05, 0.1) is 20.3 Å². The van der Waals surface area contributed by atoms with Gasteiger partial charge in [0, 0.05) is 54.7 Å². The van der Waals surface area contributed by atoms with E-state index in [1.807, 2.05) is 24.3 Å². The summed E-state index contributed by atoms with van der Waals surface area (Å²) in [6, 6.07) is 8.82. The van der Waals surface area contributed by atoms with Crippen LogP contribution >= 0.6 is 0 Å². The van der Waals surface area contributed by atoms with Gasteiger partial charge in [0.2, 0.25) is 0 Å². The third kappa shape index (κ3) is 3.37. The second kappa shape index (κ2) is 6.93. The Morgan fingerprint density at radius 2 is 2.11 bits per heavy atom. The largest absolute Gasteiger partial charge is 0.497 e. The minimum atomic E-state index is 0.00541. The molecule has 6 nitrogen and oxygen atoms in total. The van der Waals surface area contributed by atoms with Gasteiger partial charge in [0.25, 0.3) is 5.56 Å². The van der Waals surface area contributed by atoms with Crippen LogP contribution in [0.1, 0.15) is 18.4 Å². The molecule has 3 fully saturated rings. The Hall–Kier alpha value is -1.89. The van der Waals surface area contributed by atoms with E-state index in [0.29, 0.717) is 18.6 Å². The lowest BCUT2D eigenvalue weighted by atomic mass is 10.0. The molecule has 2 aromatic rings.